The molecule has 0 bridgehead atoms. The number of carboxylic acids is 1. The van der Waals surface area contributed by atoms with Crippen molar-refractivity contribution < 1.29 is 14.7 Å². The fourth-order valence-corrected chi connectivity index (χ4v) is 2.98. The van der Waals surface area contributed by atoms with E-state index in [0.29, 0.717) is 30.9 Å². The van der Waals surface area contributed by atoms with Crippen molar-refractivity contribution in [3.8, 4) is 0 Å². The molecule has 0 heterocycles. The molecule has 20 heavy (non-hydrogen) atoms. The predicted octanol–water partition coefficient (Wildman–Crippen LogP) is 3.07. The van der Waals surface area contributed by atoms with Crippen molar-refractivity contribution in [2.24, 2.45) is 11.8 Å². The maximum atomic E-state index is 12.0. The maximum absolute atomic E-state index is 12.0. The van der Waals surface area contributed by atoms with E-state index in [-0.39, 0.29) is 11.8 Å². The highest BCUT2D eigenvalue weighted by molar-refractivity contribution is 9.10. The van der Waals surface area contributed by atoms with Gasteiger partial charge in [-0.25, -0.2) is 0 Å². The molecule has 1 aliphatic carbocycles. The second kappa shape index (κ2) is 6.88. The third-order valence-electron chi connectivity index (χ3n) is 3.83. The first kappa shape index (κ1) is 15.0. The largest absolute Gasteiger partial charge is 0.481 e. The van der Waals surface area contributed by atoms with Crippen LogP contribution in [0.1, 0.15) is 36.0 Å². The maximum Gasteiger partial charge on any atom is 0.306 e. The number of carbonyl (C=O) groups excluding carboxylic acids is 1. The van der Waals surface area contributed by atoms with Crippen molar-refractivity contribution >= 4 is 27.8 Å². The molecule has 2 rings (SSSR count). The number of carboxylic acid groups (broad SMARTS) is 1. The van der Waals surface area contributed by atoms with E-state index < -0.39 is 5.97 Å². The van der Waals surface area contributed by atoms with Gasteiger partial charge in [-0.05, 0) is 49.8 Å². The van der Waals surface area contributed by atoms with Crippen molar-refractivity contribution in [1.29, 1.82) is 0 Å². The number of carbonyl (C=O) groups is 2. The van der Waals surface area contributed by atoms with E-state index >= 15 is 0 Å². The Hall–Kier alpha value is -1.36. The topological polar surface area (TPSA) is 66.4 Å². The zero-order chi connectivity index (χ0) is 14.5. The molecule has 1 aromatic rings. The van der Waals surface area contributed by atoms with Gasteiger partial charge in [0.25, 0.3) is 5.91 Å². The number of rotatable bonds is 4. The van der Waals surface area contributed by atoms with Crippen LogP contribution in [0, 0.1) is 11.8 Å². The van der Waals surface area contributed by atoms with E-state index in [1.54, 1.807) is 12.1 Å². The molecule has 1 amide bonds. The molecule has 0 atom stereocenters. The molecule has 0 spiro atoms. The second-order valence-corrected chi connectivity index (χ2v) is 6.19. The Labute approximate surface area is 126 Å². The van der Waals surface area contributed by atoms with Crippen molar-refractivity contribution in [1.82, 2.24) is 5.32 Å². The van der Waals surface area contributed by atoms with E-state index in [1.807, 2.05) is 12.1 Å². The number of nitrogens with one attached hydrogen (secondary N) is 1. The summed E-state index contributed by atoms with van der Waals surface area (Å²) in [7, 11) is 0. The van der Waals surface area contributed by atoms with Gasteiger partial charge in [-0.1, -0.05) is 22.0 Å². The lowest BCUT2D eigenvalue weighted by Gasteiger charge is -2.26. The Bertz CT molecular complexity index is 496. The van der Waals surface area contributed by atoms with Crippen molar-refractivity contribution in [2.75, 3.05) is 6.54 Å². The van der Waals surface area contributed by atoms with E-state index in [1.165, 1.54) is 0 Å². The minimum atomic E-state index is -0.693. The second-order valence-electron chi connectivity index (χ2n) is 5.28. The lowest BCUT2D eigenvalue weighted by molar-refractivity contribution is -0.143. The third kappa shape index (κ3) is 4.07. The Kier molecular flexibility index (Phi) is 5.17. The van der Waals surface area contributed by atoms with E-state index in [0.717, 1.165) is 17.3 Å². The van der Waals surface area contributed by atoms with Crippen LogP contribution in [0.4, 0.5) is 0 Å². The average molecular weight is 340 g/mol. The summed E-state index contributed by atoms with van der Waals surface area (Å²) in [4.78, 5) is 22.9. The van der Waals surface area contributed by atoms with Gasteiger partial charge < -0.3 is 10.4 Å². The first-order chi connectivity index (χ1) is 9.56. The summed E-state index contributed by atoms with van der Waals surface area (Å²) in [6, 6.07) is 7.28. The number of amides is 1. The number of hydrogen-bond donors (Lipinski definition) is 2. The molecule has 1 saturated carbocycles. The smallest absolute Gasteiger partial charge is 0.306 e. The summed E-state index contributed by atoms with van der Waals surface area (Å²) >= 11 is 3.34. The summed E-state index contributed by atoms with van der Waals surface area (Å²) in [5, 5.41) is 11.9. The van der Waals surface area contributed by atoms with Gasteiger partial charge in [-0.3, -0.25) is 9.59 Å². The minimum Gasteiger partial charge on any atom is -0.481 e. The molecule has 5 heteroatoms. The highest BCUT2D eigenvalue weighted by Crippen LogP contribution is 2.28. The van der Waals surface area contributed by atoms with Gasteiger partial charge in [-0.2, -0.15) is 0 Å². The van der Waals surface area contributed by atoms with Crippen LogP contribution < -0.4 is 5.32 Å². The van der Waals surface area contributed by atoms with Gasteiger partial charge in [0.1, 0.15) is 0 Å². The minimum absolute atomic E-state index is 0.0772. The SMILES string of the molecule is O=C(NCC1CCC(C(=O)O)CC1)c1cccc(Br)c1. The monoisotopic (exact) mass is 339 g/mol. The molecule has 2 N–H and O–H groups in total. The fourth-order valence-electron chi connectivity index (χ4n) is 2.58. The van der Waals surface area contributed by atoms with Gasteiger partial charge in [0.05, 0.1) is 5.92 Å². The number of aliphatic carboxylic acids is 1. The van der Waals surface area contributed by atoms with E-state index in [2.05, 4.69) is 21.2 Å². The van der Waals surface area contributed by atoms with Crippen LogP contribution >= 0.6 is 15.9 Å². The Balaban J connectivity index is 1.79. The third-order valence-corrected chi connectivity index (χ3v) is 4.33. The highest BCUT2D eigenvalue weighted by Gasteiger charge is 2.26. The number of benzene rings is 1. The Morgan fingerprint density at radius 1 is 1.25 bits per heavy atom. The first-order valence-corrected chi connectivity index (χ1v) is 7.62. The molecule has 0 aromatic heterocycles. The van der Waals surface area contributed by atoms with Crippen molar-refractivity contribution in [2.45, 2.75) is 25.7 Å². The summed E-state index contributed by atoms with van der Waals surface area (Å²) < 4.78 is 0.882. The Morgan fingerprint density at radius 2 is 1.95 bits per heavy atom. The molecule has 108 valence electrons. The summed E-state index contributed by atoms with van der Waals surface area (Å²) in [6.45, 7) is 0.623. The van der Waals surface area contributed by atoms with Gasteiger partial charge in [0.15, 0.2) is 0 Å². The van der Waals surface area contributed by atoms with Crippen LogP contribution in [-0.4, -0.2) is 23.5 Å². The van der Waals surface area contributed by atoms with Crippen LogP contribution in [0.5, 0.6) is 0 Å². The molecular weight excluding hydrogens is 322 g/mol. The van der Waals surface area contributed by atoms with Crippen molar-refractivity contribution in [3.05, 3.63) is 34.3 Å². The normalized spacial score (nSPS) is 22.2. The zero-order valence-electron chi connectivity index (χ0n) is 11.1. The van der Waals surface area contributed by atoms with Gasteiger partial charge in [0, 0.05) is 16.6 Å². The van der Waals surface area contributed by atoms with Crippen LogP contribution in [0.15, 0.2) is 28.7 Å². The molecule has 1 aliphatic rings. The Morgan fingerprint density at radius 3 is 2.55 bits per heavy atom. The van der Waals surface area contributed by atoms with E-state index in [9.17, 15) is 9.59 Å². The lowest BCUT2D eigenvalue weighted by Crippen LogP contribution is -2.32. The van der Waals surface area contributed by atoms with Crippen LogP contribution in [0.25, 0.3) is 0 Å². The number of halogens is 1. The zero-order valence-corrected chi connectivity index (χ0v) is 12.7. The van der Waals surface area contributed by atoms with Crippen LogP contribution in [0.2, 0.25) is 0 Å². The molecule has 0 unspecified atom stereocenters. The quantitative estimate of drug-likeness (QED) is 0.885. The van der Waals surface area contributed by atoms with Gasteiger partial charge >= 0.3 is 5.97 Å². The molecule has 1 aromatic carbocycles. The molecular formula is C15H18BrNO3. The van der Waals surface area contributed by atoms with Gasteiger partial charge in [-0.15, -0.1) is 0 Å². The van der Waals surface area contributed by atoms with Crippen LogP contribution in [-0.2, 0) is 4.79 Å². The van der Waals surface area contributed by atoms with Gasteiger partial charge in [0.2, 0.25) is 0 Å². The summed E-state index contributed by atoms with van der Waals surface area (Å²) in [6.07, 6.45) is 3.17. The van der Waals surface area contributed by atoms with Crippen LogP contribution in [0.3, 0.4) is 0 Å². The number of hydrogen-bond acceptors (Lipinski definition) is 2. The highest BCUT2D eigenvalue weighted by atomic mass is 79.9. The molecule has 0 radical (unpaired) electrons. The average Bonchev–Trinajstić information content (AvgIpc) is 2.45. The molecule has 1 fully saturated rings. The van der Waals surface area contributed by atoms with E-state index in [4.69, 9.17) is 5.11 Å². The summed E-state index contributed by atoms with van der Waals surface area (Å²) in [5.41, 5.74) is 0.638. The molecule has 0 saturated heterocycles. The summed E-state index contributed by atoms with van der Waals surface area (Å²) in [5.74, 6) is -0.581. The fraction of sp³-hybridized carbons (Fsp3) is 0.467. The molecule has 4 nitrogen and oxygen atoms in total. The first-order valence-electron chi connectivity index (χ1n) is 6.83. The standard InChI is InChI=1S/C15H18BrNO3/c16-13-3-1-2-12(8-13)14(18)17-9-10-4-6-11(7-5-10)15(19)20/h1-3,8,10-11H,4-7,9H2,(H,17,18)(H,19,20). The molecule has 0 aliphatic heterocycles. The van der Waals surface area contributed by atoms with Crippen molar-refractivity contribution in [3.63, 3.8) is 0 Å². The lowest BCUT2D eigenvalue weighted by atomic mass is 9.82. The predicted molar refractivity (Wildman–Crippen MR) is 79.6 cm³/mol.